The first-order chi connectivity index (χ1) is 29.4. The highest BCUT2D eigenvalue weighted by atomic mass is 16.2. The normalized spacial score (nSPS) is 24.1. The lowest BCUT2D eigenvalue weighted by atomic mass is 9.84. The number of hydrogen-bond donors (Lipinski definition) is 9. The van der Waals surface area contributed by atoms with Gasteiger partial charge in [-0.2, -0.15) is 0 Å². The average Bonchev–Trinajstić information content (AvgIpc) is 3.95. The summed E-state index contributed by atoms with van der Waals surface area (Å²) >= 11 is 0. The summed E-state index contributed by atoms with van der Waals surface area (Å²) in [5, 5.41) is 17.0. The molecule has 3 fully saturated rings. The third-order valence-electron chi connectivity index (χ3n) is 11.5. The highest BCUT2D eigenvalue weighted by molar-refractivity contribution is 5.97. The topological polar surface area (TPSA) is 288 Å². The lowest BCUT2D eigenvalue weighted by Crippen LogP contribution is -2.60. The summed E-state index contributed by atoms with van der Waals surface area (Å²) in [6, 6.07) is 2.86. The number of amides is 7. The van der Waals surface area contributed by atoms with Crippen LogP contribution in [0.5, 0.6) is 0 Å². The lowest BCUT2D eigenvalue weighted by Gasteiger charge is -2.32. The number of aliphatic imine (C=N–C) groups is 1. The molecule has 0 spiro atoms. The van der Waals surface area contributed by atoms with Gasteiger partial charge in [0.05, 0.1) is 6.33 Å². The van der Waals surface area contributed by atoms with Gasteiger partial charge >= 0.3 is 0 Å². The molecule has 1 saturated carbocycles. The quantitative estimate of drug-likeness (QED) is 0.0712. The zero-order valence-electron chi connectivity index (χ0n) is 35.0. The second-order valence-corrected chi connectivity index (χ2v) is 16.3. The molecule has 3 heterocycles. The molecular formula is C42H62N12O7. The van der Waals surface area contributed by atoms with Gasteiger partial charge in [-0.25, -0.2) is 4.98 Å². The van der Waals surface area contributed by atoms with E-state index in [4.69, 9.17) is 11.5 Å². The van der Waals surface area contributed by atoms with Crippen molar-refractivity contribution in [1.82, 2.24) is 46.8 Å². The fraction of sp³-hybridized carbons (Fsp3) is 0.595. The lowest BCUT2D eigenvalue weighted by molar-refractivity contribution is -0.142. The number of H-pyrrole nitrogens is 1. The van der Waals surface area contributed by atoms with Crippen LogP contribution in [0, 0.1) is 5.92 Å². The van der Waals surface area contributed by atoms with E-state index in [0.29, 0.717) is 31.4 Å². The number of nitrogens with two attached hydrogens (primary N) is 2. The van der Waals surface area contributed by atoms with Crippen LogP contribution >= 0.6 is 0 Å². The second kappa shape index (κ2) is 23.1. The first kappa shape index (κ1) is 46.1. The molecule has 19 heteroatoms. The number of benzene rings is 1. The van der Waals surface area contributed by atoms with Crippen LogP contribution in [-0.4, -0.2) is 118 Å². The Hall–Kier alpha value is -6.01. The number of imidazole rings is 1. The first-order valence-electron chi connectivity index (χ1n) is 21.5. The molecule has 1 aliphatic carbocycles. The van der Waals surface area contributed by atoms with Crippen molar-refractivity contribution < 1.29 is 33.6 Å². The molecule has 5 rings (SSSR count). The van der Waals surface area contributed by atoms with Crippen molar-refractivity contribution in [1.29, 1.82) is 0 Å². The number of aromatic nitrogens is 2. The Morgan fingerprint density at radius 1 is 0.869 bits per heavy atom. The summed E-state index contributed by atoms with van der Waals surface area (Å²) in [7, 11) is 0. The summed E-state index contributed by atoms with van der Waals surface area (Å²) < 4.78 is 0. The van der Waals surface area contributed by atoms with Gasteiger partial charge in [0.2, 0.25) is 41.4 Å². The smallest absolute Gasteiger partial charge is 0.245 e. The number of hydrogen-bond acceptors (Lipinski definition) is 9. The Balaban J connectivity index is 1.45. The Morgan fingerprint density at radius 2 is 1.59 bits per heavy atom. The van der Waals surface area contributed by atoms with Crippen molar-refractivity contribution in [3.8, 4) is 0 Å². The van der Waals surface area contributed by atoms with Gasteiger partial charge in [0.1, 0.15) is 36.3 Å². The summed E-state index contributed by atoms with van der Waals surface area (Å²) in [5.41, 5.74) is 12.4. The van der Waals surface area contributed by atoms with Crippen molar-refractivity contribution in [3.05, 3.63) is 54.1 Å². The van der Waals surface area contributed by atoms with Crippen molar-refractivity contribution in [2.24, 2.45) is 22.4 Å². The number of nitrogens with one attached hydrogen (secondary N) is 7. The fourth-order valence-electron chi connectivity index (χ4n) is 8.38. The third kappa shape index (κ3) is 14.3. The van der Waals surface area contributed by atoms with Crippen molar-refractivity contribution in [2.75, 3.05) is 19.6 Å². The Morgan fingerprint density at radius 3 is 2.30 bits per heavy atom. The number of carbonyl (C=O) groups is 7. The van der Waals surface area contributed by atoms with E-state index in [1.165, 1.54) is 24.3 Å². The van der Waals surface area contributed by atoms with Crippen LogP contribution in [0.25, 0.3) is 0 Å². The minimum absolute atomic E-state index is 0.0240. The Bertz CT molecular complexity index is 1830. The Kier molecular flexibility index (Phi) is 17.5. The fourth-order valence-corrected chi connectivity index (χ4v) is 8.38. The van der Waals surface area contributed by atoms with E-state index in [1.807, 2.05) is 30.3 Å². The first-order valence-corrected chi connectivity index (χ1v) is 21.5. The molecule has 1 aromatic heterocycles. The van der Waals surface area contributed by atoms with Crippen LogP contribution in [0.1, 0.15) is 95.2 Å². The number of rotatable bonds is 13. The molecule has 0 radical (unpaired) electrons. The monoisotopic (exact) mass is 846 g/mol. The molecular weight excluding hydrogens is 785 g/mol. The average molecular weight is 847 g/mol. The van der Waals surface area contributed by atoms with E-state index in [1.54, 1.807) is 0 Å². The minimum Gasteiger partial charge on any atom is -0.370 e. The summed E-state index contributed by atoms with van der Waals surface area (Å²) in [6.45, 7) is 1.82. The van der Waals surface area contributed by atoms with Gasteiger partial charge in [0.25, 0.3) is 0 Å². The van der Waals surface area contributed by atoms with E-state index in [9.17, 15) is 33.6 Å². The molecule has 6 atom stereocenters. The van der Waals surface area contributed by atoms with Gasteiger partial charge in [0, 0.05) is 51.3 Å². The maximum absolute atomic E-state index is 14.5. The van der Waals surface area contributed by atoms with Gasteiger partial charge in [-0.3, -0.25) is 38.6 Å². The zero-order chi connectivity index (χ0) is 43.7. The SMILES string of the molecule is CC(=O)N[C@@H](Cc1ccccc1)C(=O)N[C@H]1CCCNC(=O)[C@H](CCCN=C(N)N)NC(=O)[C@H](Cc2cnc[nH]2)NC(=O)[C@@H](CC2CCCCC2)NC(=O)[C@@H]2CCCN2C1=O. The standard InChI is InChI=1S/C42H62N12O7/c1-26(55)49-32(21-27-11-4-2-5-12-27)37(57)51-31-16-9-18-46-36(56)30(15-8-19-47-42(43)44)50-39(59)34(23-29-24-45-25-48-29)52-38(58)33(22-28-13-6-3-7-14-28)53-40(60)35-17-10-20-54(35)41(31)61/h2,4-5,11-12,24-25,28,30-35H,3,6-10,13-23H2,1H3,(H,45,48)(H,46,56)(H,49,55)(H,50,59)(H,51,57)(H,52,58)(H,53,60)(H4,43,44,47)/t30-,31-,32-,33+,34-,35-/m0/s1. The van der Waals surface area contributed by atoms with Gasteiger partial charge < -0.3 is 53.3 Å². The third-order valence-corrected chi connectivity index (χ3v) is 11.5. The molecule has 11 N–H and O–H groups in total. The maximum Gasteiger partial charge on any atom is 0.245 e. The van der Waals surface area contributed by atoms with E-state index >= 15 is 0 Å². The molecule has 332 valence electrons. The molecule has 0 bridgehead atoms. The molecule has 1 aromatic carbocycles. The zero-order valence-corrected chi connectivity index (χ0v) is 35.0. The molecule has 7 amide bonds. The van der Waals surface area contributed by atoms with Crippen molar-refractivity contribution in [2.45, 2.75) is 133 Å². The second-order valence-electron chi connectivity index (χ2n) is 16.3. The van der Waals surface area contributed by atoms with Crippen LogP contribution in [-0.2, 0) is 46.4 Å². The summed E-state index contributed by atoms with van der Waals surface area (Å²) in [6.07, 6.45) is 10.0. The maximum atomic E-state index is 14.5. The van der Waals surface area contributed by atoms with E-state index in [-0.39, 0.29) is 63.6 Å². The number of nitrogens with zero attached hydrogens (tertiary/aromatic N) is 3. The van der Waals surface area contributed by atoms with Crippen LogP contribution < -0.4 is 43.4 Å². The van der Waals surface area contributed by atoms with Gasteiger partial charge in [-0.15, -0.1) is 0 Å². The van der Waals surface area contributed by atoms with Crippen molar-refractivity contribution >= 4 is 47.3 Å². The van der Waals surface area contributed by atoms with E-state index in [0.717, 1.165) is 37.7 Å². The molecule has 19 nitrogen and oxygen atoms in total. The van der Waals surface area contributed by atoms with Crippen LogP contribution in [0.4, 0.5) is 0 Å². The summed E-state index contributed by atoms with van der Waals surface area (Å²) in [5.74, 6) is -3.66. The number of guanidine groups is 1. The number of carbonyl (C=O) groups excluding carboxylic acids is 7. The van der Waals surface area contributed by atoms with Crippen molar-refractivity contribution in [3.63, 3.8) is 0 Å². The molecule has 3 aliphatic rings. The Labute approximate surface area is 356 Å². The predicted molar refractivity (Wildman–Crippen MR) is 226 cm³/mol. The van der Waals surface area contributed by atoms with E-state index < -0.39 is 77.6 Å². The molecule has 2 saturated heterocycles. The van der Waals surface area contributed by atoms with Gasteiger partial charge in [-0.05, 0) is 56.4 Å². The molecule has 61 heavy (non-hydrogen) atoms. The van der Waals surface area contributed by atoms with E-state index in [2.05, 4.69) is 46.9 Å². The molecule has 0 unspecified atom stereocenters. The van der Waals surface area contributed by atoms with Gasteiger partial charge in [-0.1, -0.05) is 62.4 Å². The van der Waals surface area contributed by atoms with Gasteiger partial charge in [0.15, 0.2) is 5.96 Å². The number of aromatic amines is 1. The highest BCUT2D eigenvalue weighted by Crippen LogP contribution is 2.28. The minimum atomic E-state index is -1.15. The predicted octanol–water partition coefficient (Wildman–Crippen LogP) is -0.436. The number of fused-ring (bicyclic) bond motifs is 1. The molecule has 2 aromatic rings. The van der Waals surface area contributed by atoms with Crippen LogP contribution in [0.2, 0.25) is 0 Å². The van der Waals surface area contributed by atoms with Crippen LogP contribution in [0.3, 0.4) is 0 Å². The van der Waals surface area contributed by atoms with Crippen LogP contribution in [0.15, 0.2) is 47.8 Å². The highest BCUT2D eigenvalue weighted by Gasteiger charge is 2.40. The molecule has 2 aliphatic heterocycles. The largest absolute Gasteiger partial charge is 0.370 e. The summed E-state index contributed by atoms with van der Waals surface area (Å²) in [4.78, 5) is 110.